The van der Waals surface area contributed by atoms with Gasteiger partial charge in [0.1, 0.15) is 5.75 Å². The van der Waals surface area contributed by atoms with Crippen molar-refractivity contribution < 1.29 is 4.74 Å². The lowest BCUT2D eigenvalue weighted by Crippen LogP contribution is -1.92. The van der Waals surface area contributed by atoms with Gasteiger partial charge in [-0.25, -0.2) is 0 Å². The molecule has 0 radical (unpaired) electrons. The van der Waals surface area contributed by atoms with E-state index in [-0.39, 0.29) is 0 Å². The van der Waals surface area contributed by atoms with Crippen LogP contribution in [0.5, 0.6) is 5.75 Å². The van der Waals surface area contributed by atoms with Crippen LogP contribution in [0.15, 0.2) is 42.5 Å². The van der Waals surface area contributed by atoms with E-state index in [1.54, 1.807) is 18.2 Å². The zero-order valence-electron chi connectivity index (χ0n) is 13.1. The number of hydrogen-bond donors (Lipinski definition) is 0. The number of aryl methyl sites for hydroxylation is 1. The summed E-state index contributed by atoms with van der Waals surface area (Å²) >= 11 is 2.08. The number of benzene rings is 3. The van der Waals surface area contributed by atoms with Crippen molar-refractivity contribution in [3.63, 3.8) is 0 Å². The molecule has 0 fully saturated rings. The molecule has 0 amide bonds. The average molecular weight is 308 g/mol. The number of hydrogen-bond acceptors (Lipinski definition) is 2. The van der Waals surface area contributed by atoms with E-state index in [4.69, 9.17) is 4.74 Å². The van der Waals surface area contributed by atoms with Gasteiger partial charge >= 0.3 is 0 Å². The Balaban J connectivity index is 2.02. The molecular weight excluding hydrogens is 288 g/mol. The number of methoxy groups -OCH3 is 1. The van der Waals surface area contributed by atoms with Crippen molar-refractivity contribution in [3.8, 4) is 5.75 Å². The Labute approximate surface area is 135 Å². The first-order valence-electron chi connectivity index (χ1n) is 7.95. The molecule has 0 aliphatic heterocycles. The van der Waals surface area contributed by atoms with Crippen LogP contribution >= 0.6 is 11.8 Å². The van der Waals surface area contributed by atoms with Gasteiger partial charge in [-0.2, -0.15) is 11.8 Å². The second-order valence-electron chi connectivity index (χ2n) is 5.87. The summed E-state index contributed by atoms with van der Waals surface area (Å²) in [5.41, 5.74) is 3.12. The lowest BCUT2D eigenvalue weighted by molar-refractivity contribution is 0.415. The third-order valence-electron chi connectivity index (χ3n) is 4.72. The summed E-state index contributed by atoms with van der Waals surface area (Å²) in [6.07, 6.45) is 2.50. The van der Waals surface area contributed by atoms with E-state index < -0.39 is 0 Å². The van der Waals surface area contributed by atoms with Crippen LogP contribution in [0.2, 0.25) is 0 Å². The fourth-order valence-corrected chi connectivity index (χ4v) is 4.84. The quantitative estimate of drug-likeness (QED) is 0.570. The molecule has 0 N–H and O–H groups in total. The van der Waals surface area contributed by atoms with Crippen molar-refractivity contribution in [2.45, 2.75) is 25.0 Å². The molecule has 0 spiro atoms. The van der Waals surface area contributed by atoms with Gasteiger partial charge in [0, 0.05) is 5.25 Å². The second-order valence-corrected chi connectivity index (χ2v) is 7.35. The molecule has 3 aromatic rings. The summed E-state index contributed by atoms with van der Waals surface area (Å²) in [7, 11) is 1.73. The molecule has 4 rings (SSSR count). The molecule has 0 saturated heterocycles. The molecule has 0 saturated carbocycles. The number of rotatable bonds is 3. The zero-order valence-corrected chi connectivity index (χ0v) is 13.9. The van der Waals surface area contributed by atoms with Crippen molar-refractivity contribution in [1.82, 2.24) is 0 Å². The minimum Gasteiger partial charge on any atom is -0.497 e. The Kier molecular flexibility index (Phi) is 3.50. The van der Waals surface area contributed by atoms with Crippen LogP contribution in [0.25, 0.3) is 21.5 Å². The zero-order chi connectivity index (χ0) is 15.1. The molecule has 0 heterocycles. The number of fused-ring (bicyclic) bond motifs is 5. The van der Waals surface area contributed by atoms with Crippen LogP contribution < -0.4 is 4.74 Å². The van der Waals surface area contributed by atoms with Gasteiger partial charge in [0.15, 0.2) is 0 Å². The van der Waals surface area contributed by atoms with Gasteiger partial charge in [0.2, 0.25) is 0 Å². The lowest BCUT2D eigenvalue weighted by atomic mass is 9.96. The molecular formula is C20H20OS. The van der Waals surface area contributed by atoms with Gasteiger partial charge in [-0.1, -0.05) is 37.3 Å². The summed E-state index contributed by atoms with van der Waals surface area (Å²) in [6, 6.07) is 15.6. The standard InChI is InChI=1S/C20H20OS/c1-3-22-19-11-7-14-6-9-16-17(20(14)19)10-5-13-4-8-15(21-2)12-18(13)16/h4-6,8-10,12,19H,3,7,11H2,1-2H3. The SMILES string of the molecule is CCSC1CCc2ccc3c(ccc4ccc(OC)cc43)c21. The fraction of sp³-hybridized carbons (Fsp3) is 0.300. The van der Waals surface area contributed by atoms with Gasteiger partial charge in [0.25, 0.3) is 0 Å². The third-order valence-corrected chi connectivity index (χ3v) is 5.93. The van der Waals surface area contributed by atoms with E-state index in [1.165, 1.54) is 40.1 Å². The highest BCUT2D eigenvalue weighted by Crippen LogP contribution is 2.45. The maximum Gasteiger partial charge on any atom is 0.119 e. The Morgan fingerprint density at radius 2 is 1.86 bits per heavy atom. The van der Waals surface area contributed by atoms with Crippen molar-refractivity contribution in [3.05, 3.63) is 53.6 Å². The monoisotopic (exact) mass is 308 g/mol. The average Bonchev–Trinajstić information content (AvgIpc) is 2.97. The maximum atomic E-state index is 5.42. The number of ether oxygens (including phenoxy) is 1. The molecule has 22 heavy (non-hydrogen) atoms. The highest BCUT2D eigenvalue weighted by molar-refractivity contribution is 7.99. The van der Waals surface area contributed by atoms with Gasteiger partial charge in [-0.15, -0.1) is 0 Å². The van der Waals surface area contributed by atoms with Crippen LogP contribution in [0.1, 0.15) is 29.7 Å². The maximum absolute atomic E-state index is 5.42. The van der Waals surface area contributed by atoms with E-state index in [0.717, 1.165) is 5.75 Å². The molecule has 1 aliphatic carbocycles. The van der Waals surface area contributed by atoms with E-state index >= 15 is 0 Å². The normalized spacial score (nSPS) is 17.1. The van der Waals surface area contributed by atoms with Gasteiger partial charge in [0.05, 0.1) is 7.11 Å². The van der Waals surface area contributed by atoms with Gasteiger partial charge < -0.3 is 4.74 Å². The van der Waals surface area contributed by atoms with Gasteiger partial charge in [-0.05, 0) is 63.4 Å². The molecule has 1 aliphatic rings. The van der Waals surface area contributed by atoms with Crippen molar-refractivity contribution >= 4 is 33.3 Å². The Morgan fingerprint density at radius 3 is 2.68 bits per heavy atom. The van der Waals surface area contributed by atoms with E-state index in [0.29, 0.717) is 5.25 Å². The molecule has 3 aromatic carbocycles. The Morgan fingerprint density at radius 1 is 1.05 bits per heavy atom. The van der Waals surface area contributed by atoms with E-state index in [1.807, 2.05) is 6.07 Å². The second kappa shape index (κ2) is 5.51. The Bertz CT molecular complexity index is 851. The summed E-state index contributed by atoms with van der Waals surface area (Å²) in [6.45, 7) is 2.26. The van der Waals surface area contributed by atoms with Crippen molar-refractivity contribution in [2.75, 3.05) is 12.9 Å². The van der Waals surface area contributed by atoms with E-state index in [9.17, 15) is 0 Å². The highest BCUT2D eigenvalue weighted by atomic mass is 32.2. The molecule has 0 bridgehead atoms. The van der Waals surface area contributed by atoms with Crippen LogP contribution in [0, 0.1) is 0 Å². The molecule has 2 heteroatoms. The first kappa shape index (κ1) is 14.0. The third kappa shape index (κ3) is 2.09. The summed E-state index contributed by atoms with van der Waals surface area (Å²) in [5.74, 6) is 2.11. The molecule has 1 nitrogen and oxygen atoms in total. The van der Waals surface area contributed by atoms with E-state index in [2.05, 4.69) is 55.1 Å². The van der Waals surface area contributed by atoms with Crippen molar-refractivity contribution in [2.24, 2.45) is 0 Å². The molecule has 1 atom stereocenters. The topological polar surface area (TPSA) is 9.23 Å². The molecule has 1 unspecified atom stereocenters. The van der Waals surface area contributed by atoms with Crippen molar-refractivity contribution in [1.29, 1.82) is 0 Å². The van der Waals surface area contributed by atoms with Crippen LogP contribution in [0.3, 0.4) is 0 Å². The Hall–Kier alpha value is -1.67. The van der Waals surface area contributed by atoms with Crippen LogP contribution in [-0.2, 0) is 6.42 Å². The van der Waals surface area contributed by atoms with Gasteiger partial charge in [-0.3, -0.25) is 0 Å². The lowest BCUT2D eigenvalue weighted by Gasteiger charge is -2.15. The van der Waals surface area contributed by atoms with Crippen LogP contribution in [-0.4, -0.2) is 12.9 Å². The summed E-state index contributed by atoms with van der Waals surface area (Å²) < 4.78 is 5.42. The first-order chi connectivity index (χ1) is 10.8. The molecule has 0 aromatic heterocycles. The summed E-state index contributed by atoms with van der Waals surface area (Å²) in [5, 5.41) is 6.03. The van der Waals surface area contributed by atoms with Crippen LogP contribution in [0.4, 0.5) is 0 Å². The first-order valence-corrected chi connectivity index (χ1v) is 9.00. The predicted molar refractivity (Wildman–Crippen MR) is 97.2 cm³/mol. The minimum atomic E-state index is 0.659. The summed E-state index contributed by atoms with van der Waals surface area (Å²) in [4.78, 5) is 0. The fourth-order valence-electron chi connectivity index (χ4n) is 3.71. The largest absolute Gasteiger partial charge is 0.497 e. The molecule has 112 valence electrons. The number of thioether (sulfide) groups is 1. The highest BCUT2D eigenvalue weighted by Gasteiger charge is 2.24. The minimum absolute atomic E-state index is 0.659. The smallest absolute Gasteiger partial charge is 0.119 e. The predicted octanol–water partition coefficient (Wildman–Crippen LogP) is 5.74.